The first-order valence-corrected chi connectivity index (χ1v) is 4.36. The summed E-state index contributed by atoms with van der Waals surface area (Å²) >= 11 is 0. The summed E-state index contributed by atoms with van der Waals surface area (Å²) in [5.74, 6) is 0.702. The van der Waals surface area contributed by atoms with Crippen LogP contribution in [-0.2, 0) is 0 Å². The van der Waals surface area contributed by atoms with E-state index in [0.717, 1.165) is 5.56 Å². The molecule has 3 heteroatoms. The molecule has 0 fully saturated rings. The molecule has 2 atom stereocenters. The van der Waals surface area contributed by atoms with Gasteiger partial charge in [-0.1, -0.05) is 6.92 Å². The van der Waals surface area contributed by atoms with Gasteiger partial charge in [0, 0.05) is 17.5 Å². The van der Waals surface area contributed by atoms with Crippen molar-refractivity contribution < 1.29 is 9.13 Å². The molecular formula is C10H12FNO. The van der Waals surface area contributed by atoms with Crippen molar-refractivity contribution in [3.63, 3.8) is 0 Å². The van der Waals surface area contributed by atoms with Crippen molar-refractivity contribution in [3.8, 4) is 5.75 Å². The lowest BCUT2D eigenvalue weighted by Crippen LogP contribution is -2.29. The van der Waals surface area contributed by atoms with Gasteiger partial charge < -0.3 is 10.5 Å². The maximum Gasteiger partial charge on any atom is 0.124 e. The van der Waals surface area contributed by atoms with Gasteiger partial charge in [-0.15, -0.1) is 0 Å². The highest BCUT2D eigenvalue weighted by molar-refractivity contribution is 5.38. The van der Waals surface area contributed by atoms with Crippen molar-refractivity contribution in [1.82, 2.24) is 0 Å². The molecule has 2 nitrogen and oxygen atoms in total. The molecule has 1 aromatic carbocycles. The third kappa shape index (κ3) is 1.40. The number of rotatable bonds is 0. The average molecular weight is 181 g/mol. The fourth-order valence-corrected chi connectivity index (χ4v) is 1.54. The number of benzene rings is 1. The monoisotopic (exact) mass is 181 g/mol. The van der Waals surface area contributed by atoms with E-state index in [1.165, 1.54) is 12.1 Å². The summed E-state index contributed by atoms with van der Waals surface area (Å²) in [5.41, 5.74) is 6.69. The predicted octanol–water partition coefficient (Wildman–Crippen LogP) is 1.85. The highest BCUT2D eigenvalue weighted by Crippen LogP contribution is 2.33. The van der Waals surface area contributed by atoms with E-state index in [4.69, 9.17) is 10.5 Å². The quantitative estimate of drug-likeness (QED) is 0.663. The fourth-order valence-electron chi connectivity index (χ4n) is 1.54. The minimum atomic E-state index is -0.257. The Balaban J connectivity index is 2.45. The van der Waals surface area contributed by atoms with Crippen LogP contribution in [0.3, 0.4) is 0 Å². The second kappa shape index (κ2) is 3.00. The molecule has 2 N–H and O–H groups in total. The number of fused-ring (bicyclic) bond motifs is 1. The molecule has 2 unspecified atom stereocenters. The molecule has 0 aromatic heterocycles. The van der Waals surface area contributed by atoms with Crippen LogP contribution in [0.25, 0.3) is 0 Å². The molecule has 70 valence electrons. The van der Waals surface area contributed by atoms with Crippen LogP contribution in [0.4, 0.5) is 4.39 Å². The highest BCUT2D eigenvalue weighted by atomic mass is 19.1. The highest BCUT2D eigenvalue weighted by Gasteiger charge is 2.24. The van der Waals surface area contributed by atoms with E-state index in [2.05, 4.69) is 0 Å². The van der Waals surface area contributed by atoms with Gasteiger partial charge >= 0.3 is 0 Å². The maximum absolute atomic E-state index is 12.9. The molecule has 0 saturated carbocycles. The molecule has 0 bridgehead atoms. The zero-order chi connectivity index (χ0) is 9.42. The van der Waals surface area contributed by atoms with Gasteiger partial charge in [-0.25, -0.2) is 4.39 Å². The van der Waals surface area contributed by atoms with Gasteiger partial charge in [-0.2, -0.15) is 0 Å². The van der Waals surface area contributed by atoms with Crippen molar-refractivity contribution in [1.29, 1.82) is 0 Å². The Bertz CT molecular complexity index is 327. The molecule has 0 aliphatic carbocycles. The summed E-state index contributed by atoms with van der Waals surface area (Å²) in [6.45, 7) is 2.61. The van der Waals surface area contributed by atoms with Crippen molar-refractivity contribution in [3.05, 3.63) is 29.6 Å². The van der Waals surface area contributed by atoms with Crippen LogP contribution in [0.15, 0.2) is 18.2 Å². The van der Waals surface area contributed by atoms with Crippen LogP contribution in [0.5, 0.6) is 5.75 Å². The second-order valence-corrected chi connectivity index (χ2v) is 3.50. The molecule has 13 heavy (non-hydrogen) atoms. The Morgan fingerprint density at radius 2 is 2.31 bits per heavy atom. The van der Waals surface area contributed by atoms with E-state index in [9.17, 15) is 4.39 Å². The maximum atomic E-state index is 12.9. The Hall–Kier alpha value is -1.09. The van der Waals surface area contributed by atoms with Crippen LogP contribution in [0, 0.1) is 11.7 Å². The van der Waals surface area contributed by atoms with Crippen LogP contribution in [0.1, 0.15) is 18.5 Å². The van der Waals surface area contributed by atoms with Crippen molar-refractivity contribution in [2.75, 3.05) is 6.61 Å². The lowest BCUT2D eigenvalue weighted by atomic mass is 9.93. The fraction of sp³-hybridized carbons (Fsp3) is 0.400. The minimum absolute atomic E-state index is 0.112. The molecule has 0 spiro atoms. The van der Waals surface area contributed by atoms with Crippen LogP contribution < -0.4 is 10.5 Å². The van der Waals surface area contributed by atoms with Gasteiger partial charge in [0.1, 0.15) is 11.6 Å². The van der Waals surface area contributed by atoms with Gasteiger partial charge in [-0.3, -0.25) is 0 Å². The zero-order valence-electron chi connectivity index (χ0n) is 7.46. The first-order valence-electron chi connectivity index (χ1n) is 4.36. The minimum Gasteiger partial charge on any atom is -0.493 e. The summed E-state index contributed by atoms with van der Waals surface area (Å²) in [7, 11) is 0. The summed E-state index contributed by atoms with van der Waals surface area (Å²) in [6.07, 6.45) is 0. The molecule has 1 aliphatic rings. The molecule has 0 radical (unpaired) electrons. The number of ether oxygens (including phenoxy) is 1. The molecule has 2 rings (SSSR count). The smallest absolute Gasteiger partial charge is 0.124 e. The summed E-state index contributed by atoms with van der Waals surface area (Å²) in [4.78, 5) is 0. The van der Waals surface area contributed by atoms with Gasteiger partial charge in [0.2, 0.25) is 0 Å². The normalized spacial score (nSPS) is 26.4. The zero-order valence-corrected chi connectivity index (χ0v) is 7.46. The third-order valence-corrected chi connectivity index (χ3v) is 2.45. The van der Waals surface area contributed by atoms with Crippen molar-refractivity contribution >= 4 is 0 Å². The van der Waals surface area contributed by atoms with E-state index in [1.807, 2.05) is 6.92 Å². The van der Waals surface area contributed by atoms with Gasteiger partial charge in [0.25, 0.3) is 0 Å². The Morgan fingerprint density at radius 1 is 1.54 bits per heavy atom. The number of hydrogen-bond acceptors (Lipinski definition) is 2. The van der Waals surface area contributed by atoms with Gasteiger partial charge in [0.05, 0.1) is 6.61 Å². The van der Waals surface area contributed by atoms with E-state index in [0.29, 0.717) is 12.4 Å². The number of hydrogen-bond donors (Lipinski definition) is 1. The lowest BCUT2D eigenvalue weighted by molar-refractivity contribution is 0.206. The number of halogens is 1. The SMILES string of the molecule is CC1COc2ccc(F)cc2C1N. The molecule has 0 amide bonds. The predicted molar refractivity (Wildman–Crippen MR) is 48.0 cm³/mol. The van der Waals surface area contributed by atoms with Crippen molar-refractivity contribution in [2.24, 2.45) is 11.7 Å². The summed E-state index contributed by atoms with van der Waals surface area (Å²) in [5, 5.41) is 0. The molecular weight excluding hydrogens is 169 g/mol. The first kappa shape index (κ1) is 8.51. The second-order valence-electron chi connectivity index (χ2n) is 3.50. The molecule has 1 aliphatic heterocycles. The third-order valence-electron chi connectivity index (χ3n) is 2.45. The standard InChI is InChI=1S/C10H12FNO/c1-6-5-13-9-3-2-7(11)4-8(9)10(6)12/h2-4,6,10H,5,12H2,1H3. The van der Waals surface area contributed by atoms with Crippen LogP contribution >= 0.6 is 0 Å². The molecule has 1 aromatic rings. The van der Waals surface area contributed by atoms with Crippen molar-refractivity contribution in [2.45, 2.75) is 13.0 Å². The van der Waals surface area contributed by atoms with E-state index < -0.39 is 0 Å². The number of nitrogens with two attached hydrogens (primary N) is 1. The Kier molecular flexibility index (Phi) is 1.96. The van der Waals surface area contributed by atoms with Crippen LogP contribution in [0.2, 0.25) is 0 Å². The largest absolute Gasteiger partial charge is 0.493 e. The molecule has 1 heterocycles. The summed E-state index contributed by atoms with van der Waals surface area (Å²) < 4.78 is 18.3. The average Bonchev–Trinajstić information content (AvgIpc) is 2.12. The first-order chi connectivity index (χ1) is 6.18. The van der Waals surface area contributed by atoms with Gasteiger partial charge in [0.15, 0.2) is 0 Å². The van der Waals surface area contributed by atoms with E-state index in [-0.39, 0.29) is 17.8 Å². The Morgan fingerprint density at radius 3 is 3.08 bits per heavy atom. The summed E-state index contributed by atoms with van der Waals surface area (Å²) in [6, 6.07) is 4.37. The van der Waals surface area contributed by atoms with Gasteiger partial charge in [-0.05, 0) is 18.2 Å². The van der Waals surface area contributed by atoms with E-state index in [1.54, 1.807) is 6.07 Å². The Labute approximate surface area is 76.5 Å². The lowest BCUT2D eigenvalue weighted by Gasteiger charge is -2.28. The topological polar surface area (TPSA) is 35.2 Å². The van der Waals surface area contributed by atoms with Crippen LogP contribution in [-0.4, -0.2) is 6.61 Å². The molecule has 0 saturated heterocycles. The van der Waals surface area contributed by atoms with E-state index >= 15 is 0 Å².